The quantitative estimate of drug-likeness (QED) is 0.200. The number of furan rings is 1. The fourth-order valence-corrected chi connectivity index (χ4v) is 9.21. The molecule has 0 saturated carbocycles. The Bertz CT molecular complexity index is 2700. The van der Waals surface area contributed by atoms with E-state index >= 15 is 0 Å². The zero-order valence-electron chi connectivity index (χ0n) is 31.3. The SMILES string of the molecule is CC(C)(C)c1ccc2c(c1)C1(c3cc(C(C)(C)C)ccc3-2)c2ccccc2-c2c(Nc3cccc4oc5c(-c6ccccc6)cccc5c34)cccc21. The normalized spacial score (nSPS) is 14.0. The summed E-state index contributed by atoms with van der Waals surface area (Å²) in [6.07, 6.45) is 0. The van der Waals surface area contributed by atoms with Gasteiger partial charge in [0.2, 0.25) is 0 Å². The minimum absolute atomic E-state index is 0.0122. The Balaban J connectivity index is 1.23. The highest BCUT2D eigenvalue weighted by atomic mass is 16.3. The van der Waals surface area contributed by atoms with Gasteiger partial charge < -0.3 is 9.73 Å². The number of benzene rings is 7. The van der Waals surface area contributed by atoms with Crippen molar-refractivity contribution < 1.29 is 4.42 Å². The van der Waals surface area contributed by atoms with Crippen LogP contribution in [0.25, 0.3) is 55.3 Å². The number of para-hydroxylation sites is 1. The molecule has 10 rings (SSSR count). The minimum atomic E-state index is -0.449. The molecular formula is C51H43NO. The van der Waals surface area contributed by atoms with E-state index in [1.807, 2.05) is 0 Å². The van der Waals surface area contributed by atoms with Crippen molar-refractivity contribution in [2.24, 2.45) is 0 Å². The second kappa shape index (κ2) is 11.1. The summed E-state index contributed by atoms with van der Waals surface area (Å²) in [5.41, 5.74) is 19.1. The van der Waals surface area contributed by atoms with E-state index in [2.05, 4.69) is 192 Å². The zero-order valence-corrected chi connectivity index (χ0v) is 31.3. The lowest BCUT2D eigenvalue weighted by Gasteiger charge is -2.33. The summed E-state index contributed by atoms with van der Waals surface area (Å²) in [4.78, 5) is 0. The Morgan fingerprint density at radius 2 is 1.06 bits per heavy atom. The van der Waals surface area contributed by atoms with Crippen molar-refractivity contribution >= 4 is 33.3 Å². The molecule has 53 heavy (non-hydrogen) atoms. The minimum Gasteiger partial charge on any atom is -0.455 e. The van der Waals surface area contributed by atoms with Crippen LogP contribution in [-0.4, -0.2) is 0 Å². The van der Waals surface area contributed by atoms with Crippen molar-refractivity contribution in [3.8, 4) is 33.4 Å². The van der Waals surface area contributed by atoms with E-state index in [1.165, 1.54) is 55.6 Å². The second-order valence-corrected chi connectivity index (χ2v) is 17.0. The highest BCUT2D eigenvalue weighted by Crippen LogP contribution is 2.64. The first kappa shape index (κ1) is 31.8. The molecule has 0 amide bonds. The summed E-state index contributed by atoms with van der Waals surface area (Å²) in [7, 11) is 0. The van der Waals surface area contributed by atoms with E-state index < -0.39 is 5.41 Å². The fraction of sp³-hybridized carbons (Fsp3) is 0.176. The molecule has 2 heteroatoms. The third-order valence-corrected chi connectivity index (χ3v) is 11.8. The topological polar surface area (TPSA) is 25.2 Å². The zero-order chi connectivity index (χ0) is 36.3. The van der Waals surface area contributed by atoms with E-state index in [0.717, 1.165) is 44.4 Å². The molecule has 258 valence electrons. The van der Waals surface area contributed by atoms with Crippen LogP contribution in [0, 0.1) is 0 Å². The maximum Gasteiger partial charge on any atom is 0.143 e. The number of nitrogens with one attached hydrogen (secondary N) is 1. The molecule has 1 aromatic heterocycles. The van der Waals surface area contributed by atoms with Crippen molar-refractivity contribution in [2.75, 3.05) is 5.32 Å². The first-order valence-electron chi connectivity index (χ1n) is 18.9. The van der Waals surface area contributed by atoms with Crippen LogP contribution < -0.4 is 5.32 Å². The predicted octanol–water partition coefficient (Wildman–Crippen LogP) is 13.9. The van der Waals surface area contributed by atoms with Gasteiger partial charge in [0.15, 0.2) is 0 Å². The lowest BCUT2D eigenvalue weighted by atomic mass is 9.69. The van der Waals surface area contributed by atoms with Gasteiger partial charge in [-0.1, -0.05) is 169 Å². The molecule has 2 aliphatic rings. The Labute approximate surface area is 312 Å². The molecule has 1 spiro atoms. The van der Waals surface area contributed by atoms with Crippen LogP contribution in [0.1, 0.15) is 74.9 Å². The first-order valence-corrected chi connectivity index (χ1v) is 18.9. The van der Waals surface area contributed by atoms with E-state index in [4.69, 9.17) is 4.42 Å². The smallest absolute Gasteiger partial charge is 0.143 e. The monoisotopic (exact) mass is 685 g/mol. The Morgan fingerprint density at radius 1 is 0.472 bits per heavy atom. The summed E-state index contributed by atoms with van der Waals surface area (Å²) in [6, 6.07) is 53.9. The second-order valence-electron chi connectivity index (χ2n) is 17.0. The maximum absolute atomic E-state index is 6.66. The average Bonchev–Trinajstić information content (AvgIpc) is 3.79. The van der Waals surface area contributed by atoms with Crippen molar-refractivity contribution in [3.63, 3.8) is 0 Å². The molecule has 0 bridgehead atoms. The van der Waals surface area contributed by atoms with Crippen LogP contribution in [0.2, 0.25) is 0 Å². The molecule has 2 nitrogen and oxygen atoms in total. The molecule has 0 unspecified atom stereocenters. The molecule has 7 aromatic carbocycles. The lowest BCUT2D eigenvalue weighted by molar-refractivity contribution is 0.586. The van der Waals surface area contributed by atoms with Crippen LogP contribution in [-0.2, 0) is 16.2 Å². The molecular weight excluding hydrogens is 643 g/mol. The number of fused-ring (bicyclic) bond motifs is 13. The van der Waals surface area contributed by atoms with Gasteiger partial charge in [-0.05, 0) is 84.7 Å². The maximum atomic E-state index is 6.66. The van der Waals surface area contributed by atoms with Crippen LogP contribution in [0.4, 0.5) is 11.4 Å². The van der Waals surface area contributed by atoms with Crippen LogP contribution in [0.5, 0.6) is 0 Å². The highest BCUT2D eigenvalue weighted by molar-refractivity contribution is 6.15. The van der Waals surface area contributed by atoms with Crippen molar-refractivity contribution in [1.29, 1.82) is 0 Å². The van der Waals surface area contributed by atoms with E-state index in [1.54, 1.807) is 0 Å². The Kier molecular flexibility index (Phi) is 6.65. The number of rotatable bonds is 3. The number of anilines is 2. The Morgan fingerprint density at radius 3 is 1.75 bits per heavy atom. The van der Waals surface area contributed by atoms with Gasteiger partial charge in [-0.3, -0.25) is 0 Å². The molecule has 0 radical (unpaired) electrons. The summed E-state index contributed by atoms with van der Waals surface area (Å²) in [6.45, 7) is 13.9. The van der Waals surface area contributed by atoms with Gasteiger partial charge >= 0.3 is 0 Å². The molecule has 8 aromatic rings. The van der Waals surface area contributed by atoms with Gasteiger partial charge in [-0.2, -0.15) is 0 Å². The summed E-state index contributed by atoms with van der Waals surface area (Å²) >= 11 is 0. The third-order valence-electron chi connectivity index (χ3n) is 11.8. The van der Waals surface area contributed by atoms with E-state index in [9.17, 15) is 0 Å². The molecule has 1 heterocycles. The molecule has 0 saturated heterocycles. The van der Waals surface area contributed by atoms with Crippen molar-refractivity contribution in [1.82, 2.24) is 0 Å². The van der Waals surface area contributed by atoms with Gasteiger partial charge in [0.1, 0.15) is 11.2 Å². The summed E-state index contributed by atoms with van der Waals surface area (Å²) in [5, 5.41) is 6.20. The highest BCUT2D eigenvalue weighted by Gasteiger charge is 2.52. The van der Waals surface area contributed by atoms with Crippen molar-refractivity contribution in [2.45, 2.75) is 57.8 Å². The van der Waals surface area contributed by atoms with Gasteiger partial charge in [-0.25, -0.2) is 0 Å². The number of hydrogen-bond acceptors (Lipinski definition) is 2. The average molecular weight is 686 g/mol. The van der Waals surface area contributed by atoms with Crippen LogP contribution >= 0.6 is 0 Å². The van der Waals surface area contributed by atoms with Crippen molar-refractivity contribution in [3.05, 3.63) is 179 Å². The van der Waals surface area contributed by atoms with Crippen LogP contribution in [0.3, 0.4) is 0 Å². The van der Waals surface area contributed by atoms with Gasteiger partial charge in [-0.15, -0.1) is 0 Å². The molecule has 2 aliphatic carbocycles. The summed E-state index contributed by atoms with van der Waals surface area (Å²) in [5.74, 6) is 0. The fourth-order valence-electron chi connectivity index (χ4n) is 9.21. The first-order chi connectivity index (χ1) is 25.5. The summed E-state index contributed by atoms with van der Waals surface area (Å²) < 4.78 is 6.66. The van der Waals surface area contributed by atoms with Gasteiger partial charge in [0.05, 0.1) is 16.5 Å². The third kappa shape index (κ3) is 4.51. The molecule has 0 atom stereocenters. The Hall–Kier alpha value is -5.86. The molecule has 0 fully saturated rings. The number of hydrogen-bond donors (Lipinski definition) is 1. The molecule has 1 N–H and O–H groups in total. The molecule has 0 aliphatic heterocycles. The van der Waals surface area contributed by atoms with E-state index in [0.29, 0.717) is 0 Å². The largest absolute Gasteiger partial charge is 0.455 e. The van der Waals surface area contributed by atoms with Gasteiger partial charge in [0.25, 0.3) is 0 Å². The van der Waals surface area contributed by atoms with Gasteiger partial charge in [0, 0.05) is 22.2 Å². The van der Waals surface area contributed by atoms with E-state index in [-0.39, 0.29) is 10.8 Å². The lowest BCUT2D eigenvalue weighted by Crippen LogP contribution is -2.27. The standard InChI is InChI=1S/C51H43NO/c1-49(2,3)32-25-27-35-36-28-26-33(50(4,5)6)30-42(36)51(41(35)29-32)39-20-11-10-17-37(39)46-40(51)21-13-22-43(46)52-44-23-14-24-45-47(44)38-19-12-18-34(48(38)53-45)31-15-8-7-9-16-31/h7-30,52H,1-6H3. The predicted molar refractivity (Wildman–Crippen MR) is 223 cm³/mol. The van der Waals surface area contributed by atoms with Crippen LogP contribution in [0.15, 0.2) is 150 Å².